The normalized spacial score (nSPS) is 20.5. The lowest BCUT2D eigenvalue weighted by atomic mass is 9.80. The van der Waals surface area contributed by atoms with E-state index in [2.05, 4.69) is 23.8 Å². The molecular formula is C15H25BN2O3. The molecule has 1 aromatic carbocycles. The number of nitrogens with zero attached hydrogens (tertiary/aromatic N) is 2. The third-order valence-corrected chi connectivity index (χ3v) is 4.19. The van der Waals surface area contributed by atoms with Gasteiger partial charge in [-0.3, -0.25) is 4.90 Å². The van der Waals surface area contributed by atoms with Gasteiger partial charge >= 0.3 is 7.12 Å². The van der Waals surface area contributed by atoms with Gasteiger partial charge in [0.15, 0.2) is 0 Å². The Balaban J connectivity index is 1.74. The van der Waals surface area contributed by atoms with E-state index in [-0.39, 0.29) is 0 Å². The van der Waals surface area contributed by atoms with Crippen LogP contribution in [0.3, 0.4) is 0 Å². The molecule has 1 fully saturated rings. The predicted octanol–water partition coefficient (Wildman–Crippen LogP) is -0.229. The van der Waals surface area contributed by atoms with E-state index in [1.165, 1.54) is 6.42 Å². The summed E-state index contributed by atoms with van der Waals surface area (Å²) in [5.74, 6) is 0.764. The molecule has 0 amide bonds. The van der Waals surface area contributed by atoms with Crippen molar-refractivity contribution in [2.45, 2.75) is 19.4 Å². The van der Waals surface area contributed by atoms with Crippen LogP contribution in [0, 0.1) is 0 Å². The van der Waals surface area contributed by atoms with Gasteiger partial charge in [0.25, 0.3) is 0 Å². The highest BCUT2D eigenvalue weighted by atomic mass is 16.5. The fourth-order valence-electron chi connectivity index (χ4n) is 2.68. The zero-order valence-corrected chi connectivity index (χ0v) is 12.9. The van der Waals surface area contributed by atoms with E-state index in [1.807, 2.05) is 0 Å². The zero-order chi connectivity index (χ0) is 15.2. The van der Waals surface area contributed by atoms with Crippen LogP contribution in [0.5, 0.6) is 5.75 Å². The molecular weight excluding hydrogens is 267 g/mol. The summed E-state index contributed by atoms with van der Waals surface area (Å²) in [4.78, 5) is 4.87. The van der Waals surface area contributed by atoms with Crippen LogP contribution in [0.1, 0.15) is 13.3 Å². The topological polar surface area (TPSA) is 56.2 Å². The van der Waals surface area contributed by atoms with E-state index in [0.717, 1.165) is 31.9 Å². The van der Waals surface area contributed by atoms with Crippen LogP contribution >= 0.6 is 0 Å². The minimum absolute atomic E-state index is 0.479. The molecule has 1 heterocycles. The van der Waals surface area contributed by atoms with Crippen molar-refractivity contribution in [3.05, 3.63) is 24.3 Å². The highest BCUT2D eigenvalue weighted by Crippen LogP contribution is 2.11. The minimum Gasteiger partial charge on any atom is -0.492 e. The standard InChI is InChI=1S/C15H25BN2O3/c1-3-14-12-18(9-8-17(14)2)10-11-21-15-6-4-13(5-7-15)16(19)20/h4-7,14,19-20H,3,8-12H2,1-2H3. The Bertz CT molecular complexity index is 427. The first-order valence-electron chi connectivity index (χ1n) is 7.61. The van der Waals surface area contributed by atoms with Crippen LogP contribution in [-0.2, 0) is 0 Å². The average Bonchev–Trinajstić information content (AvgIpc) is 2.49. The number of hydrogen-bond donors (Lipinski definition) is 2. The van der Waals surface area contributed by atoms with Gasteiger partial charge < -0.3 is 19.7 Å². The molecule has 1 aliphatic heterocycles. The molecule has 0 spiro atoms. The summed E-state index contributed by atoms with van der Waals surface area (Å²) in [5.41, 5.74) is 0.479. The van der Waals surface area contributed by atoms with Crippen LogP contribution in [0.4, 0.5) is 0 Å². The molecule has 0 aliphatic carbocycles. The summed E-state index contributed by atoms with van der Waals surface area (Å²) in [5, 5.41) is 18.1. The summed E-state index contributed by atoms with van der Waals surface area (Å²) in [7, 11) is 0.773. The maximum absolute atomic E-state index is 9.03. The van der Waals surface area contributed by atoms with E-state index in [0.29, 0.717) is 18.1 Å². The van der Waals surface area contributed by atoms with Gasteiger partial charge in [-0.05, 0) is 31.1 Å². The molecule has 1 aliphatic rings. The van der Waals surface area contributed by atoms with Gasteiger partial charge in [-0.1, -0.05) is 19.1 Å². The molecule has 1 aromatic rings. The van der Waals surface area contributed by atoms with E-state index in [1.54, 1.807) is 24.3 Å². The minimum atomic E-state index is -1.42. The van der Waals surface area contributed by atoms with Gasteiger partial charge in [0.1, 0.15) is 12.4 Å². The summed E-state index contributed by atoms with van der Waals surface area (Å²) >= 11 is 0. The fourth-order valence-corrected chi connectivity index (χ4v) is 2.68. The van der Waals surface area contributed by atoms with Gasteiger partial charge in [-0.2, -0.15) is 0 Å². The second-order valence-electron chi connectivity index (χ2n) is 5.63. The predicted molar refractivity (Wildman–Crippen MR) is 84.9 cm³/mol. The fraction of sp³-hybridized carbons (Fsp3) is 0.600. The Morgan fingerprint density at radius 3 is 2.57 bits per heavy atom. The van der Waals surface area contributed by atoms with Crippen molar-refractivity contribution < 1.29 is 14.8 Å². The van der Waals surface area contributed by atoms with Crippen LogP contribution in [0.2, 0.25) is 0 Å². The Kier molecular flexibility index (Phi) is 6.05. The van der Waals surface area contributed by atoms with Crippen molar-refractivity contribution in [1.82, 2.24) is 9.80 Å². The van der Waals surface area contributed by atoms with Crippen molar-refractivity contribution in [1.29, 1.82) is 0 Å². The number of piperazine rings is 1. The second kappa shape index (κ2) is 7.80. The molecule has 1 saturated heterocycles. The first-order chi connectivity index (χ1) is 10.1. The first-order valence-corrected chi connectivity index (χ1v) is 7.61. The molecule has 0 bridgehead atoms. The van der Waals surface area contributed by atoms with Crippen molar-refractivity contribution in [3.8, 4) is 5.75 Å². The van der Waals surface area contributed by atoms with Crippen molar-refractivity contribution in [2.75, 3.05) is 39.8 Å². The van der Waals surface area contributed by atoms with Crippen molar-refractivity contribution >= 4 is 12.6 Å². The SMILES string of the molecule is CCC1CN(CCOc2ccc(B(O)O)cc2)CCN1C. The molecule has 5 nitrogen and oxygen atoms in total. The number of rotatable bonds is 6. The maximum atomic E-state index is 9.03. The Morgan fingerprint density at radius 1 is 1.24 bits per heavy atom. The molecule has 6 heteroatoms. The molecule has 1 atom stereocenters. The lowest BCUT2D eigenvalue weighted by Crippen LogP contribution is -2.51. The van der Waals surface area contributed by atoms with Gasteiger partial charge in [-0.15, -0.1) is 0 Å². The van der Waals surface area contributed by atoms with Crippen LogP contribution in [0.25, 0.3) is 0 Å². The van der Waals surface area contributed by atoms with E-state index >= 15 is 0 Å². The van der Waals surface area contributed by atoms with E-state index in [9.17, 15) is 0 Å². The number of likely N-dealkylation sites (N-methyl/N-ethyl adjacent to an activating group) is 1. The Morgan fingerprint density at radius 2 is 1.95 bits per heavy atom. The molecule has 2 N–H and O–H groups in total. The third-order valence-electron chi connectivity index (χ3n) is 4.19. The summed E-state index contributed by atoms with van der Waals surface area (Å²) in [6.45, 7) is 7.12. The molecule has 2 rings (SSSR count). The molecule has 21 heavy (non-hydrogen) atoms. The van der Waals surface area contributed by atoms with Gasteiger partial charge in [0.2, 0.25) is 0 Å². The molecule has 1 unspecified atom stereocenters. The smallest absolute Gasteiger partial charge is 0.488 e. The van der Waals surface area contributed by atoms with E-state index in [4.69, 9.17) is 14.8 Å². The zero-order valence-electron chi connectivity index (χ0n) is 12.9. The van der Waals surface area contributed by atoms with Crippen molar-refractivity contribution in [2.24, 2.45) is 0 Å². The number of benzene rings is 1. The average molecular weight is 292 g/mol. The lowest BCUT2D eigenvalue weighted by Gasteiger charge is -2.39. The quantitative estimate of drug-likeness (QED) is 0.710. The maximum Gasteiger partial charge on any atom is 0.488 e. The Labute approximate surface area is 127 Å². The summed E-state index contributed by atoms with van der Waals surface area (Å²) < 4.78 is 5.72. The van der Waals surface area contributed by atoms with Crippen LogP contribution < -0.4 is 10.2 Å². The largest absolute Gasteiger partial charge is 0.492 e. The van der Waals surface area contributed by atoms with Crippen LogP contribution in [-0.4, -0.2) is 72.8 Å². The second-order valence-corrected chi connectivity index (χ2v) is 5.63. The van der Waals surface area contributed by atoms with Gasteiger partial charge in [0, 0.05) is 32.2 Å². The molecule has 0 saturated carbocycles. The number of ether oxygens (including phenoxy) is 1. The van der Waals surface area contributed by atoms with Crippen LogP contribution in [0.15, 0.2) is 24.3 Å². The highest BCUT2D eigenvalue weighted by molar-refractivity contribution is 6.58. The van der Waals surface area contributed by atoms with Gasteiger partial charge in [0.05, 0.1) is 0 Å². The Hall–Kier alpha value is -1.08. The monoisotopic (exact) mass is 292 g/mol. The molecule has 0 radical (unpaired) electrons. The number of hydrogen-bond acceptors (Lipinski definition) is 5. The first kappa shape index (κ1) is 16.3. The van der Waals surface area contributed by atoms with Gasteiger partial charge in [-0.25, -0.2) is 0 Å². The highest BCUT2D eigenvalue weighted by Gasteiger charge is 2.22. The molecule has 116 valence electrons. The lowest BCUT2D eigenvalue weighted by molar-refractivity contribution is 0.0824. The third kappa shape index (κ3) is 4.71. The van der Waals surface area contributed by atoms with Crippen molar-refractivity contribution in [3.63, 3.8) is 0 Å². The molecule has 0 aromatic heterocycles. The summed E-state index contributed by atoms with van der Waals surface area (Å²) in [6, 6.07) is 7.52. The summed E-state index contributed by atoms with van der Waals surface area (Å²) in [6.07, 6.45) is 1.18. The van der Waals surface area contributed by atoms with E-state index < -0.39 is 7.12 Å².